The number of aromatic nitrogens is 2. The highest BCUT2D eigenvalue weighted by molar-refractivity contribution is 5.92. The van der Waals surface area contributed by atoms with Crippen LogP contribution < -0.4 is 5.56 Å². The van der Waals surface area contributed by atoms with Crippen LogP contribution in [0.5, 0.6) is 0 Å². The molecule has 130 valence electrons. The molecular formula is C16H14FN3O5. The van der Waals surface area contributed by atoms with Gasteiger partial charge < -0.3 is 14.7 Å². The maximum Gasteiger partial charge on any atom is 0.334 e. The van der Waals surface area contributed by atoms with E-state index in [1.54, 1.807) is 6.07 Å². The van der Waals surface area contributed by atoms with Crippen molar-refractivity contribution in [2.24, 2.45) is 0 Å². The van der Waals surface area contributed by atoms with Gasteiger partial charge in [-0.3, -0.25) is 9.59 Å². The lowest BCUT2D eigenvalue weighted by Crippen LogP contribution is -2.49. The third kappa shape index (κ3) is 3.41. The number of carbonyl (C=O) groups excluding carboxylic acids is 1. The highest BCUT2D eigenvalue weighted by Crippen LogP contribution is 2.12. The van der Waals surface area contributed by atoms with Crippen LogP contribution in [0.3, 0.4) is 0 Å². The smallest absolute Gasteiger partial charge is 0.334 e. The molecule has 0 radical (unpaired) electrons. The molecule has 1 aliphatic heterocycles. The predicted octanol–water partition coefficient (Wildman–Crippen LogP) is 0.297. The normalized spacial score (nSPS) is 17.3. The largest absolute Gasteiger partial charge is 0.479 e. The van der Waals surface area contributed by atoms with Crippen molar-refractivity contribution in [1.29, 1.82) is 0 Å². The van der Waals surface area contributed by atoms with Crippen LogP contribution in [0.2, 0.25) is 0 Å². The van der Waals surface area contributed by atoms with Gasteiger partial charge >= 0.3 is 5.97 Å². The monoisotopic (exact) mass is 347 g/mol. The Kier molecular flexibility index (Phi) is 4.57. The van der Waals surface area contributed by atoms with E-state index >= 15 is 0 Å². The number of carboxylic acid groups (broad SMARTS) is 1. The van der Waals surface area contributed by atoms with Gasteiger partial charge in [-0.25, -0.2) is 9.18 Å². The van der Waals surface area contributed by atoms with Crippen molar-refractivity contribution >= 4 is 11.9 Å². The zero-order valence-corrected chi connectivity index (χ0v) is 13.0. The average molecular weight is 347 g/mol. The second-order valence-electron chi connectivity index (χ2n) is 5.37. The van der Waals surface area contributed by atoms with Crippen LogP contribution in [0.4, 0.5) is 4.39 Å². The van der Waals surface area contributed by atoms with Gasteiger partial charge in [0.25, 0.3) is 11.5 Å². The number of para-hydroxylation sites is 1. The van der Waals surface area contributed by atoms with Crippen LogP contribution in [0, 0.1) is 5.82 Å². The number of ether oxygens (including phenoxy) is 1. The number of benzene rings is 1. The summed E-state index contributed by atoms with van der Waals surface area (Å²) in [7, 11) is 0. The van der Waals surface area contributed by atoms with E-state index < -0.39 is 29.4 Å². The minimum Gasteiger partial charge on any atom is -0.479 e. The molecule has 9 heteroatoms. The Morgan fingerprint density at radius 2 is 2.00 bits per heavy atom. The Labute approximate surface area is 141 Å². The molecule has 0 bridgehead atoms. The zero-order chi connectivity index (χ0) is 18.0. The molecule has 0 aliphatic carbocycles. The van der Waals surface area contributed by atoms with Crippen molar-refractivity contribution in [3.8, 4) is 5.69 Å². The molecule has 3 rings (SSSR count). The van der Waals surface area contributed by atoms with Crippen molar-refractivity contribution in [3.05, 3.63) is 58.3 Å². The molecule has 1 amide bonds. The topological polar surface area (TPSA) is 102 Å². The van der Waals surface area contributed by atoms with Crippen molar-refractivity contribution < 1.29 is 23.8 Å². The van der Waals surface area contributed by atoms with Gasteiger partial charge in [0.05, 0.1) is 13.2 Å². The minimum atomic E-state index is -1.17. The fraction of sp³-hybridized carbons (Fsp3) is 0.250. The number of amides is 1. The summed E-state index contributed by atoms with van der Waals surface area (Å²) < 4.78 is 19.8. The van der Waals surface area contributed by atoms with Gasteiger partial charge in [0.1, 0.15) is 17.2 Å². The van der Waals surface area contributed by atoms with Crippen LogP contribution >= 0.6 is 0 Å². The number of aliphatic carboxylic acids is 1. The molecular weight excluding hydrogens is 333 g/mol. The first kappa shape index (κ1) is 16.8. The molecule has 1 unspecified atom stereocenters. The van der Waals surface area contributed by atoms with E-state index in [2.05, 4.69) is 5.10 Å². The van der Waals surface area contributed by atoms with Gasteiger partial charge in [0.2, 0.25) is 0 Å². The van der Waals surface area contributed by atoms with Crippen molar-refractivity contribution in [2.75, 3.05) is 19.7 Å². The van der Waals surface area contributed by atoms with Gasteiger partial charge in [-0.05, 0) is 18.2 Å². The standard InChI is InChI=1S/C16H14FN3O5/c17-10-3-1-2-4-12(10)20-14(21)6-5-11(18-20)15(22)19-7-8-25-13(9-19)16(23)24/h1-6,13H,7-9H2,(H,23,24). The number of morpholine rings is 1. The van der Waals surface area contributed by atoms with Crippen molar-refractivity contribution in [1.82, 2.24) is 14.7 Å². The van der Waals surface area contributed by atoms with Gasteiger partial charge in [-0.1, -0.05) is 12.1 Å². The first-order valence-corrected chi connectivity index (χ1v) is 7.46. The molecule has 1 aromatic carbocycles. The average Bonchev–Trinajstić information content (AvgIpc) is 2.62. The van der Waals surface area contributed by atoms with Gasteiger partial charge in [0, 0.05) is 12.6 Å². The molecule has 2 aromatic rings. The highest BCUT2D eigenvalue weighted by atomic mass is 19.1. The number of carboxylic acids is 1. The van der Waals surface area contributed by atoms with Crippen LogP contribution in [0.15, 0.2) is 41.2 Å². The third-order valence-corrected chi connectivity index (χ3v) is 3.73. The van der Waals surface area contributed by atoms with E-state index in [4.69, 9.17) is 9.84 Å². The van der Waals surface area contributed by atoms with Gasteiger partial charge in [-0.2, -0.15) is 9.78 Å². The second-order valence-corrected chi connectivity index (χ2v) is 5.37. The lowest BCUT2D eigenvalue weighted by molar-refractivity contribution is -0.154. The molecule has 25 heavy (non-hydrogen) atoms. The number of carbonyl (C=O) groups is 2. The first-order valence-electron chi connectivity index (χ1n) is 7.46. The molecule has 1 saturated heterocycles. The summed E-state index contributed by atoms with van der Waals surface area (Å²) in [5.74, 6) is -2.37. The van der Waals surface area contributed by atoms with E-state index in [9.17, 15) is 18.8 Å². The molecule has 1 atom stereocenters. The number of halogens is 1. The summed E-state index contributed by atoms with van der Waals surface area (Å²) in [5.41, 5.74) is -0.756. The SMILES string of the molecule is O=C(O)C1CN(C(=O)c2ccc(=O)n(-c3ccccc3F)n2)CCO1. The predicted molar refractivity (Wildman–Crippen MR) is 83.1 cm³/mol. The maximum absolute atomic E-state index is 13.9. The van der Waals surface area contributed by atoms with Gasteiger partial charge in [0.15, 0.2) is 6.10 Å². The Hall–Kier alpha value is -3.07. The first-order chi connectivity index (χ1) is 12.0. The molecule has 0 spiro atoms. The van der Waals surface area contributed by atoms with Crippen LogP contribution in [0.25, 0.3) is 5.69 Å². The third-order valence-electron chi connectivity index (χ3n) is 3.73. The Balaban J connectivity index is 1.92. The molecule has 1 fully saturated rings. The fourth-order valence-corrected chi connectivity index (χ4v) is 2.47. The van der Waals surface area contributed by atoms with Gasteiger partial charge in [-0.15, -0.1) is 0 Å². The number of hydrogen-bond donors (Lipinski definition) is 1. The quantitative estimate of drug-likeness (QED) is 0.857. The Bertz CT molecular complexity index is 882. The van der Waals surface area contributed by atoms with E-state index in [1.165, 1.54) is 29.2 Å². The zero-order valence-electron chi connectivity index (χ0n) is 13.0. The van der Waals surface area contributed by atoms with E-state index in [0.717, 1.165) is 10.7 Å². The molecule has 0 saturated carbocycles. The van der Waals surface area contributed by atoms with Crippen LogP contribution in [0.1, 0.15) is 10.5 Å². The minimum absolute atomic E-state index is 0.0764. The fourth-order valence-electron chi connectivity index (χ4n) is 2.47. The van der Waals surface area contributed by atoms with E-state index in [0.29, 0.717) is 0 Å². The van der Waals surface area contributed by atoms with Crippen LogP contribution in [-0.4, -0.2) is 57.5 Å². The summed E-state index contributed by atoms with van der Waals surface area (Å²) in [6.45, 7) is 0.146. The van der Waals surface area contributed by atoms with Crippen molar-refractivity contribution in [3.63, 3.8) is 0 Å². The van der Waals surface area contributed by atoms with E-state index in [1.807, 2.05) is 0 Å². The Morgan fingerprint density at radius 3 is 2.72 bits per heavy atom. The van der Waals surface area contributed by atoms with E-state index in [-0.39, 0.29) is 31.1 Å². The lowest BCUT2D eigenvalue weighted by atomic mass is 10.2. The molecule has 1 N–H and O–H groups in total. The molecule has 2 heterocycles. The summed E-state index contributed by atoms with van der Waals surface area (Å²) in [5, 5.41) is 12.9. The number of hydrogen-bond acceptors (Lipinski definition) is 5. The maximum atomic E-state index is 13.9. The summed E-state index contributed by atoms with van der Waals surface area (Å²) in [6.07, 6.45) is -1.12. The lowest BCUT2D eigenvalue weighted by Gasteiger charge is -2.30. The molecule has 1 aliphatic rings. The molecule has 1 aromatic heterocycles. The highest BCUT2D eigenvalue weighted by Gasteiger charge is 2.30. The van der Waals surface area contributed by atoms with Crippen molar-refractivity contribution in [2.45, 2.75) is 6.10 Å². The number of nitrogens with zero attached hydrogens (tertiary/aromatic N) is 3. The summed E-state index contributed by atoms with van der Waals surface area (Å²) >= 11 is 0. The van der Waals surface area contributed by atoms with Crippen LogP contribution in [-0.2, 0) is 9.53 Å². The summed E-state index contributed by atoms with van der Waals surface area (Å²) in [4.78, 5) is 36.8. The second kappa shape index (κ2) is 6.81. The summed E-state index contributed by atoms with van der Waals surface area (Å²) in [6, 6.07) is 7.90. The number of rotatable bonds is 3. The Morgan fingerprint density at radius 1 is 1.24 bits per heavy atom. The molecule has 8 nitrogen and oxygen atoms in total.